The van der Waals surface area contributed by atoms with Crippen LogP contribution in [0.1, 0.15) is 11.1 Å². The number of hydrogen-bond donors (Lipinski definition) is 2. The summed E-state index contributed by atoms with van der Waals surface area (Å²) in [6.45, 7) is 0. The number of nitrogen functional groups attached to an aromatic ring is 2. The van der Waals surface area contributed by atoms with E-state index >= 15 is 0 Å². The van der Waals surface area contributed by atoms with Gasteiger partial charge in [0.2, 0.25) is 11.9 Å². The first-order valence-corrected chi connectivity index (χ1v) is 5.03. The Hall–Kier alpha value is -2.83. The van der Waals surface area contributed by atoms with Crippen molar-refractivity contribution in [1.82, 2.24) is 14.8 Å². The SMILES string of the molecule is N#Cc1c(F)cc(-n2nc(N)nc2N)cc1C(F)(F)F. The fourth-order valence-corrected chi connectivity index (χ4v) is 1.58. The standard InChI is InChI=1S/C10H6F4N6/c11-7-2-4(20-9(17)18-8(16)19-20)1-6(5(7)3-15)10(12,13)14/h1-2H,(H4,16,17,18,19). The Labute approximate surface area is 109 Å². The number of alkyl halides is 3. The summed E-state index contributed by atoms with van der Waals surface area (Å²) < 4.78 is 52.7. The van der Waals surface area contributed by atoms with Crippen molar-refractivity contribution in [1.29, 1.82) is 5.26 Å². The molecule has 1 aromatic heterocycles. The summed E-state index contributed by atoms with van der Waals surface area (Å²) in [5, 5.41) is 12.2. The topological polar surface area (TPSA) is 107 Å². The van der Waals surface area contributed by atoms with E-state index in [-0.39, 0.29) is 17.6 Å². The molecule has 0 bridgehead atoms. The second-order valence-electron chi connectivity index (χ2n) is 3.70. The second-order valence-corrected chi connectivity index (χ2v) is 3.70. The molecule has 0 aliphatic heterocycles. The summed E-state index contributed by atoms with van der Waals surface area (Å²) in [7, 11) is 0. The first kappa shape index (κ1) is 13.6. The van der Waals surface area contributed by atoms with E-state index in [1.807, 2.05) is 0 Å². The molecule has 0 aliphatic carbocycles. The molecule has 0 spiro atoms. The number of benzene rings is 1. The van der Waals surface area contributed by atoms with Crippen LogP contribution in [0.15, 0.2) is 12.1 Å². The van der Waals surface area contributed by atoms with Gasteiger partial charge in [0, 0.05) is 6.07 Å². The molecule has 1 heterocycles. The molecule has 2 rings (SSSR count). The van der Waals surface area contributed by atoms with E-state index in [1.165, 1.54) is 6.07 Å². The monoisotopic (exact) mass is 286 g/mol. The first-order valence-electron chi connectivity index (χ1n) is 5.03. The molecule has 1 aromatic carbocycles. The maximum Gasteiger partial charge on any atom is 0.417 e. The van der Waals surface area contributed by atoms with Crippen molar-refractivity contribution >= 4 is 11.9 Å². The third-order valence-electron chi connectivity index (χ3n) is 2.39. The number of anilines is 2. The molecule has 0 saturated heterocycles. The number of nitrogens with zero attached hydrogens (tertiary/aromatic N) is 4. The average molecular weight is 286 g/mol. The van der Waals surface area contributed by atoms with E-state index in [0.717, 1.165) is 4.68 Å². The third-order valence-corrected chi connectivity index (χ3v) is 2.39. The van der Waals surface area contributed by atoms with Crippen molar-refractivity contribution in [3.63, 3.8) is 0 Å². The molecular formula is C10H6F4N6. The van der Waals surface area contributed by atoms with E-state index in [4.69, 9.17) is 16.7 Å². The molecule has 104 valence electrons. The lowest BCUT2D eigenvalue weighted by atomic mass is 10.1. The number of nitrogens with two attached hydrogens (primary N) is 2. The van der Waals surface area contributed by atoms with Gasteiger partial charge in [-0.25, -0.2) is 4.39 Å². The highest BCUT2D eigenvalue weighted by Gasteiger charge is 2.36. The fraction of sp³-hybridized carbons (Fsp3) is 0.100. The maximum atomic E-state index is 13.6. The molecule has 0 atom stereocenters. The molecule has 20 heavy (non-hydrogen) atoms. The number of rotatable bonds is 1. The van der Waals surface area contributed by atoms with Gasteiger partial charge in [0.05, 0.1) is 11.3 Å². The number of halogens is 4. The minimum absolute atomic E-state index is 0.277. The van der Waals surface area contributed by atoms with Gasteiger partial charge >= 0.3 is 6.18 Å². The summed E-state index contributed by atoms with van der Waals surface area (Å²) in [5.41, 5.74) is 7.77. The minimum Gasteiger partial charge on any atom is -0.368 e. The maximum absolute atomic E-state index is 13.6. The van der Waals surface area contributed by atoms with Crippen LogP contribution in [0.25, 0.3) is 5.69 Å². The van der Waals surface area contributed by atoms with Crippen LogP contribution in [0.4, 0.5) is 29.5 Å². The van der Waals surface area contributed by atoms with Crippen LogP contribution in [-0.4, -0.2) is 14.8 Å². The fourth-order valence-electron chi connectivity index (χ4n) is 1.58. The van der Waals surface area contributed by atoms with Crippen LogP contribution in [-0.2, 0) is 6.18 Å². The quantitative estimate of drug-likeness (QED) is 0.772. The zero-order chi connectivity index (χ0) is 15.1. The van der Waals surface area contributed by atoms with Crippen molar-refractivity contribution in [3.8, 4) is 11.8 Å². The van der Waals surface area contributed by atoms with Crippen molar-refractivity contribution in [3.05, 3.63) is 29.1 Å². The molecule has 0 radical (unpaired) electrons. The largest absolute Gasteiger partial charge is 0.417 e. The predicted octanol–water partition coefficient (Wildman–Crippen LogP) is 1.46. The van der Waals surface area contributed by atoms with E-state index in [0.29, 0.717) is 12.1 Å². The summed E-state index contributed by atoms with van der Waals surface area (Å²) in [4.78, 5) is 3.49. The summed E-state index contributed by atoms with van der Waals surface area (Å²) >= 11 is 0. The number of hydrogen-bond acceptors (Lipinski definition) is 5. The van der Waals surface area contributed by atoms with Gasteiger partial charge in [0.15, 0.2) is 0 Å². The van der Waals surface area contributed by atoms with Crippen LogP contribution in [0.5, 0.6) is 0 Å². The lowest BCUT2D eigenvalue weighted by Crippen LogP contribution is -2.12. The molecule has 0 aliphatic rings. The molecule has 2 aromatic rings. The van der Waals surface area contributed by atoms with Crippen molar-refractivity contribution in [2.75, 3.05) is 11.5 Å². The summed E-state index contributed by atoms with van der Waals surface area (Å²) in [6.07, 6.45) is -4.90. The second kappa shape index (κ2) is 4.37. The van der Waals surface area contributed by atoms with Gasteiger partial charge in [0.1, 0.15) is 17.4 Å². The highest BCUT2D eigenvalue weighted by Crippen LogP contribution is 2.34. The Balaban J connectivity index is 2.73. The Morgan fingerprint density at radius 3 is 2.35 bits per heavy atom. The lowest BCUT2D eigenvalue weighted by Gasteiger charge is -2.12. The van der Waals surface area contributed by atoms with Gasteiger partial charge in [-0.1, -0.05) is 0 Å². The zero-order valence-electron chi connectivity index (χ0n) is 9.61. The Bertz CT molecular complexity index is 712. The van der Waals surface area contributed by atoms with Crippen LogP contribution >= 0.6 is 0 Å². The zero-order valence-corrected chi connectivity index (χ0v) is 9.61. The van der Waals surface area contributed by atoms with Crippen LogP contribution < -0.4 is 11.5 Å². The van der Waals surface area contributed by atoms with Gasteiger partial charge < -0.3 is 11.5 Å². The molecule has 0 fully saturated rings. The molecule has 4 N–H and O–H groups in total. The minimum atomic E-state index is -4.90. The van der Waals surface area contributed by atoms with Crippen LogP contribution in [0, 0.1) is 17.1 Å². The van der Waals surface area contributed by atoms with Crippen molar-refractivity contribution < 1.29 is 17.6 Å². The molecule has 0 unspecified atom stereocenters. The summed E-state index contributed by atoms with van der Waals surface area (Å²) in [5.74, 6) is -1.92. The molecule has 6 nitrogen and oxygen atoms in total. The molecule has 0 amide bonds. The lowest BCUT2D eigenvalue weighted by molar-refractivity contribution is -0.138. The number of nitriles is 1. The van der Waals surface area contributed by atoms with Crippen LogP contribution in [0.3, 0.4) is 0 Å². The van der Waals surface area contributed by atoms with Crippen molar-refractivity contribution in [2.24, 2.45) is 0 Å². The van der Waals surface area contributed by atoms with Gasteiger partial charge in [-0.05, 0) is 6.07 Å². The van der Waals surface area contributed by atoms with E-state index in [9.17, 15) is 17.6 Å². The highest BCUT2D eigenvalue weighted by atomic mass is 19.4. The normalized spacial score (nSPS) is 11.3. The third kappa shape index (κ3) is 2.20. The highest BCUT2D eigenvalue weighted by molar-refractivity contribution is 5.50. The van der Waals surface area contributed by atoms with Gasteiger partial charge in [-0.3, -0.25) is 0 Å². The van der Waals surface area contributed by atoms with E-state index in [2.05, 4.69) is 10.1 Å². The Morgan fingerprint density at radius 1 is 1.25 bits per heavy atom. The Morgan fingerprint density at radius 2 is 1.90 bits per heavy atom. The van der Waals surface area contributed by atoms with E-state index < -0.39 is 23.1 Å². The smallest absolute Gasteiger partial charge is 0.368 e. The molecule has 0 saturated carbocycles. The molecular weight excluding hydrogens is 280 g/mol. The first-order chi connectivity index (χ1) is 9.24. The van der Waals surface area contributed by atoms with Gasteiger partial charge in [0.25, 0.3) is 0 Å². The number of aromatic nitrogens is 3. The Kier molecular flexibility index (Phi) is 2.97. The molecule has 10 heteroatoms. The van der Waals surface area contributed by atoms with E-state index in [1.54, 1.807) is 0 Å². The predicted molar refractivity (Wildman–Crippen MR) is 59.9 cm³/mol. The van der Waals surface area contributed by atoms with Gasteiger partial charge in [-0.2, -0.15) is 28.1 Å². The van der Waals surface area contributed by atoms with Crippen LogP contribution in [0.2, 0.25) is 0 Å². The average Bonchev–Trinajstić information content (AvgIpc) is 2.66. The van der Waals surface area contributed by atoms with Gasteiger partial charge in [-0.15, -0.1) is 5.10 Å². The summed E-state index contributed by atoms with van der Waals surface area (Å²) in [6, 6.07) is 2.41. The van der Waals surface area contributed by atoms with Crippen molar-refractivity contribution in [2.45, 2.75) is 6.18 Å².